The van der Waals surface area contributed by atoms with Crippen LogP contribution >= 0.6 is 0 Å². The van der Waals surface area contributed by atoms with Gasteiger partial charge in [0, 0.05) is 12.1 Å². The minimum Gasteiger partial charge on any atom is -0.465 e. The van der Waals surface area contributed by atoms with Gasteiger partial charge < -0.3 is 9.47 Å². The third kappa shape index (κ3) is 5.06. The van der Waals surface area contributed by atoms with Gasteiger partial charge in [-0.3, -0.25) is 4.72 Å². The van der Waals surface area contributed by atoms with E-state index in [1.165, 1.54) is 0 Å². The molecule has 27 heavy (non-hydrogen) atoms. The highest BCUT2D eigenvalue weighted by Gasteiger charge is 2.31. The number of carbonyl (C=O) groups excluding carboxylic acids is 1. The Bertz CT molecular complexity index is 975. The number of halogens is 5. The second-order valence-corrected chi connectivity index (χ2v) is 6.61. The molecule has 0 radical (unpaired) electrons. The molecule has 0 aliphatic rings. The van der Waals surface area contributed by atoms with Crippen LogP contribution in [0, 0.1) is 11.6 Å². The van der Waals surface area contributed by atoms with Crippen molar-refractivity contribution in [1.29, 1.82) is 0 Å². The highest BCUT2D eigenvalue weighted by molar-refractivity contribution is 7.92. The highest BCUT2D eigenvalue weighted by atomic mass is 32.2. The van der Waals surface area contributed by atoms with Crippen molar-refractivity contribution in [1.82, 2.24) is 0 Å². The van der Waals surface area contributed by atoms with Crippen LogP contribution in [0.2, 0.25) is 0 Å². The molecule has 2 rings (SSSR count). The van der Waals surface area contributed by atoms with E-state index >= 15 is 0 Å². The van der Waals surface area contributed by atoms with Crippen LogP contribution in [0.25, 0.3) is 0 Å². The Morgan fingerprint density at radius 3 is 2.33 bits per heavy atom. The van der Waals surface area contributed by atoms with Crippen molar-refractivity contribution in [3.63, 3.8) is 0 Å². The number of anilines is 1. The smallest absolute Gasteiger partial charge is 0.465 e. The van der Waals surface area contributed by atoms with Gasteiger partial charge in [0.25, 0.3) is 10.0 Å². The summed E-state index contributed by atoms with van der Waals surface area (Å²) in [4.78, 5) is 10.7. The van der Waals surface area contributed by atoms with Crippen LogP contribution in [-0.4, -0.2) is 27.9 Å². The monoisotopic (exact) mass is 411 g/mol. The van der Waals surface area contributed by atoms with Crippen LogP contribution in [0.5, 0.6) is 5.75 Å². The molecule has 0 unspecified atom stereocenters. The number of nitrogens with one attached hydrogen (secondary N) is 1. The number of hydrogen-bond acceptors (Lipinski definition) is 5. The molecule has 0 amide bonds. The van der Waals surface area contributed by atoms with Gasteiger partial charge in [-0.15, -0.1) is 13.2 Å². The molecule has 146 valence electrons. The predicted molar refractivity (Wildman–Crippen MR) is 81.6 cm³/mol. The number of sulfonamides is 1. The summed E-state index contributed by atoms with van der Waals surface area (Å²) in [7, 11) is -3.66. The molecule has 0 fully saturated rings. The minimum absolute atomic E-state index is 0.257. The number of rotatable bonds is 5. The summed E-state index contributed by atoms with van der Waals surface area (Å²) in [5.74, 6) is -4.65. The molecular weight excluding hydrogens is 401 g/mol. The summed E-state index contributed by atoms with van der Waals surface area (Å²) in [5, 5.41) is 0. The van der Waals surface area contributed by atoms with Gasteiger partial charge in [-0.1, -0.05) is 6.07 Å². The van der Waals surface area contributed by atoms with Crippen LogP contribution in [-0.2, 0) is 14.8 Å². The molecule has 12 heteroatoms. The van der Waals surface area contributed by atoms with Crippen molar-refractivity contribution >= 4 is 21.7 Å². The lowest BCUT2D eigenvalue weighted by atomic mass is 10.2. The summed E-state index contributed by atoms with van der Waals surface area (Å²) in [6, 6.07) is 4.13. The summed E-state index contributed by atoms with van der Waals surface area (Å²) < 4.78 is 98.4. The van der Waals surface area contributed by atoms with Crippen LogP contribution in [0.1, 0.15) is 10.4 Å². The highest BCUT2D eigenvalue weighted by Crippen LogP contribution is 2.27. The van der Waals surface area contributed by atoms with E-state index < -0.39 is 55.9 Å². The van der Waals surface area contributed by atoms with Gasteiger partial charge in [0.15, 0.2) is 0 Å². The number of alkyl halides is 3. The first-order valence-electron chi connectivity index (χ1n) is 6.89. The number of carbonyl (C=O) groups is 1. The van der Waals surface area contributed by atoms with Crippen molar-refractivity contribution in [2.75, 3.05) is 11.8 Å². The lowest BCUT2D eigenvalue weighted by Gasteiger charge is -2.13. The van der Waals surface area contributed by atoms with E-state index in [4.69, 9.17) is 0 Å². The number of methoxy groups -OCH3 is 1. The number of esters is 1. The van der Waals surface area contributed by atoms with Gasteiger partial charge in [-0.05, 0) is 18.2 Å². The number of hydrogen-bond donors (Lipinski definition) is 1. The maximum absolute atomic E-state index is 13.9. The van der Waals surface area contributed by atoms with Crippen molar-refractivity contribution in [3.05, 3.63) is 53.6 Å². The number of ether oxygens (including phenoxy) is 2. The third-order valence-electron chi connectivity index (χ3n) is 3.06. The van der Waals surface area contributed by atoms with Gasteiger partial charge in [-0.25, -0.2) is 22.0 Å². The van der Waals surface area contributed by atoms with E-state index in [-0.39, 0.29) is 6.07 Å². The Labute approximate surface area is 149 Å². The normalized spacial score (nSPS) is 11.8. The van der Waals surface area contributed by atoms with E-state index in [2.05, 4.69) is 9.47 Å². The van der Waals surface area contributed by atoms with Crippen molar-refractivity contribution in [2.45, 2.75) is 11.3 Å². The summed E-state index contributed by atoms with van der Waals surface area (Å²) >= 11 is 0. The van der Waals surface area contributed by atoms with Crippen LogP contribution in [0.3, 0.4) is 0 Å². The zero-order chi connectivity index (χ0) is 20.4. The molecule has 0 aliphatic heterocycles. The Morgan fingerprint density at radius 1 is 1.07 bits per heavy atom. The van der Waals surface area contributed by atoms with Crippen molar-refractivity contribution < 1.29 is 44.6 Å². The fourth-order valence-corrected chi connectivity index (χ4v) is 3.03. The van der Waals surface area contributed by atoms with E-state index in [0.29, 0.717) is 12.1 Å². The molecule has 0 spiro atoms. The average molecular weight is 411 g/mol. The first-order valence-corrected chi connectivity index (χ1v) is 8.37. The van der Waals surface area contributed by atoms with Gasteiger partial charge in [0.1, 0.15) is 17.4 Å². The fraction of sp³-hybridized carbons (Fsp3) is 0.133. The quantitative estimate of drug-likeness (QED) is 0.602. The maximum Gasteiger partial charge on any atom is 0.573 e. The average Bonchev–Trinajstić information content (AvgIpc) is 2.55. The first kappa shape index (κ1) is 20.4. The van der Waals surface area contributed by atoms with Crippen LogP contribution in [0.4, 0.5) is 27.6 Å². The van der Waals surface area contributed by atoms with Crippen molar-refractivity contribution in [2.24, 2.45) is 0 Å². The molecule has 0 bridgehead atoms. The Balaban J connectivity index is 2.39. The first-order chi connectivity index (χ1) is 12.4. The van der Waals surface area contributed by atoms with Crippen LogP contribution < -0.4 is 9.46 Å². The van der Waals surface area contributed by atoms with Crippen molar-refractivity contribution in [3.8, 4) is 5.75 Å². The molecule has 0 atom stereocenters. The molecule has 0 aliphatic carbocycles. The van der Waals surface area contributed by atoms with Gasteiger partial charge in [0.2, 0.25) is 0 Å². The van der Waals surface area contributed by atoms with E-state index in [0.717, 1.165) is 25.3 Å². The van der Waals surface area contributed by atoms with Gasteiger partial charge in [0.05, 0.1) is 23.3 Å². The molecule has 0 saturated heterocycles. The summed E-state index contributed by atoms with van der Waals surface area (Å²) in [6.45, 7) is 0. The van der Waals surface area contributed by atoms with E-state index in [9.17, 15) is 35.2 Å². The molecule has 0 heterocycles. The van der Waals surface area contributed by atoms with E-state index in [1.807, 2.05) is 0 Å². The molecule has 2 aromatic carbocycles. The maximum atomic E-state index is 13.9. The molecule has 2 aromatic rings. The largest absolute Gasteiger partial charge is 0.573 e. The topological polar surface area (TPSA) is 81.7 Å². The zero-order valence-electron chi connectivity index (χ0n) is 13.3. The molecule has 1 N–H and O–H groups in total. The minimum atomic E-state index is -5.05. The second kappa shape index (κ2) is 7.39. The van der Waals surface area contributed by atoms with Crippen LogP contribution in [0.15, 0.2) is 41.3 Å². The lowest BCUT2D eigenvalue weighted by Crippen LogP contribution is -2.18. The third-order valence-corrected chi connectivity index (χ3v) is 4.42. The Kier molecular flexibility index (Phi) is 5.59. The standard InChI is InChI=1S/C15H10F5NO5S/c1-25-14(22)10-6-13(12(17)7-11(10)16)21-27(23,24)9-4-2-3-8(5-9)26-15(18,19)20/h2-7,21H,1H3. The number of benzene rings is 2. The molecule has 0 saturated carbocycles. The second-order valence-electron chi connectivity index (χ2n) is 4.93. The van der Waals surface area contributed by atoms with E-state index in [1.54, 1.807) is 4.72 Å². The van der Waals surface area contributed by atoms with Gasteiger partial charge >= 0.3 is 12.3 Å². The Morgan fingerprint density at radius 2 is 1.74 bits per heavy atom. The molecule has 6 nitrogen and oxygen atoms in total. The predicted octanol–water partition coefficient (Wildman–Crippen LogP) is 3.45. The lowest BCUT2D eigenvalue weighted by molar-refractivity contribution is -0.274. The molecular formula is C15H10F5NO5S. The summed E-state index contributed by atoms with van der Waals surface area (Å²) in [6.07, 6.45) is -5.05. The molecule has 0 aromatic heterocycles. The Hall–Kier alpha value is -2.89. The van der Waals surface area contributed by atoms with Gasteiger partial charge in [-0.2, -0.15) is 0 Å². The zero-order valence-corrected chi connectivity index (χ0v) is 14.1. The summed E-state index contributed by atoms with van der Waals surface area (Å²) in [5.41, 5.74) is -1.55. The fourth-order valence-electron chi connectivity index (χ4n) is 1.94. The SMILES string of the molecule is COC(=O)c1cc(NS(=O)(=O)c2cccc(OC(F)(F)F)c2)c(F)cc1F.